The van der Waals surface area contributed by atoms with Crippen molar-refractivity contribution in [1.29, 1.82) is 0 Å². The molecule has 10 rings (SSSR count). The number of hydrogen-bond donors (Lipinski definition) is 0. The van der Waals surface area contributed by atoms with Gasteiger partial charge in [0.15, 0.2) is 23.1 Å². The van der Waals surface area contributed by atoms with Crippen LogP contribution in [-0.2, 0) is 0 Å². The van der Waals surface area contributed by atoms with Crippen LogP contribution >= 0.6 is 0 Å². The summed E-state index contributed by atoms with van der Waals surface area (Å²) in [5.74, 6) is 0.557. The SMILES string of the molecule is [2H]c1c([2H])c([2H])c(-c2nc(-c3ccccc3)nc(-c3cccc4oc5c(-n6c7ccccc7c7c(-c8ccccc8)cccc76)cccc5c34)n2)c([2H])c1[2H]. The van der Waals surface area contributed by atoms with E-state index < -0.39 is 18.1 Å². The summed E-state index contributed by atoms with van der Waals surface area (Å²) in [6, 6.07) is 44.2. The van der Waals surface area contributed by atoms with Gasteiger partial charge >= 0.3 is 0 Å². The number of benzene rings is 7. The third-order valence-corrected chi connectivity index (χ3v) is 9.16. The number of rotatable bonds is 5. The van der Waals surface area contributed by atoms with Gasteiger partial charge in [0.1, 0.15) is 5.58 Å². The van der Waals surface area contributed by atoms with Gasteiger partial charge in [0.05, 0.1) is 23.6 Å². The van der Waals surface area contributed by atoms with Gasteiger partial charge in [-0.2, -0.15) is 0 Å². The molecule has 10 aromatic rings. The van der Waals surface area contributed by atoms with Crippen LogP contribution in [0.1, 0.15) is 6.85 Å². The normalized spacial score (nSPS) is 13.0. The van der Waals surface area contributed by atoms with E-state index in [2.05, 4.69) is 82.3 Å². The zero-order valence-corrected chi connectivity index (χ0v) is 26.5. The maximum atomic E-state index is 8.72. The van der Waals surface area contributed by atoms with E-state index in [4.69, 9.17) is 21.2 Å². The van der Waals surface area contributed by atoms with Crippen molar-refractivity contribution < 1.29 is 11.3 Å². The first kappa shape index (κ1) is 23.5. The largest absolute Gasteiger partial charge is 0.454 e. The molecular formula is C45H28N4O. The first-order valence-electron chi connectivity index (χ1n) is 18.8. The van der Waals surface area contributed by atoms with E-state index in [9.17, 15) is 0 Å². The first-order chi connectivity index (χ1) is 26.9. The van der Waals surface area contributed by atoms with Crippen LogP contribution in [0.3, 0.4) is 0 Å². The topological polar surface area (TPSA) is 56.7 Å². The number of aromatic nitrogens is 4. The summed E-state index contributed by atoms with van der Waals surface area (Å²) in [6.07, 6.45) is 0. The standard InChI is InChI=1S/C45H28N4O/c1-4-15-29(16-5-1)32-22-12-26-37-40(32)33-21-10-11-25-36(33)49(37)38-27-13-23-34-41-35(24-14-28-39(41)50-42(34)38)45-47-43(30-17-6-2-7-18-30)46-44(48-45)31-19-8-3-9-20-31/h1-28H/i2D,6D,7D,17D,18D. The lowest BCUT2D eigenvalue weighted by Gasteiger charge is -2.10. The monoisotopic (exact) mass is 645 g/mol. The fourth-order valence-corrected chi connectivity index (χ4v) is 7.02. The third-order valence-electron chi connectivity index (χ3n) is 9.16. The molecule has 0 bridgehead atoms. The zero-order chi connectivity index (χ0) is 37.4. The molecule has 0 radical (unpaired) electrons. The third kappa shape index (κ3) is 4.45. The van der Waals surface area contributed by atoms with Gasteiger partial charge in [-0.3, -0.25) is 0 Å². The fourth-order valence-electron chi connectivity index (χ4n) is 7.02. The van der Waals surface area contributed by atoms with Crippen molar-refractivity contribution in [3.63, 3.8) is 0 Å². The van der Waals surface area contributed by atoms with E-state index in [1.807, 2.05) is 66.7 Å². The smallest absolute Gasteiger partial charge is 0.164 e. The van der Waals surface area contributed by atoms with E-state index >= 15 is 0 Å². The lowest BCUT2D eigenvalue weighted by Crippen LogP contribution is -2.00. The molecule has 0 unspecified atom stereocenters. The van der Waals surface area contributed by atoms with Crippen LogP contribution in [0.2, 0.25) is 0 Å². The highest BCUT2D eigenvalue weighted by molar-refractivity contribution is 6.18. The lowest BCUT2D eigenvalue weighted by molar-refractivity contribution is 0.666. The Kier molecular flexibility index (Phi) is 5.35. The van der Waals surface area contributed by atoms with Gasteiger partial charge in [-0.15, -0.1) is 0 Å². The number of para-hydroxylation sites is 2. The minimum atomic E-state index is -0.485. The molecule has 5 nitrogen and oxygen atoms in total. The molecule has 0 N–H and O–H groups in total. The van der Waals surface area contributed by atoms with E-state index in [0.717, 1.165) is 49.4 Å². The number of hydrogen-bond acceptors (Lipinski definition) is 4. The molecule has 5 heteroatoms. The van der Waals surface area contributed by atoms with E-state index in [0.29, 0.717) is 28.1 Å². The van der Waals surface area contributed by atoms with Crippen LogP contribution in [0, 0.1) is 0 Å². The summed E-state index contributed by atoms with van der Waals surface area (Å²) in [5.41, 5.74) is 7.78. The molecule has 3 aromatic heterocycles. The van der Waals surface area contributed by atoms with Crippen molar-refractivity contribution in [3.05, 3.63) is 170 Å². The van der Waals surface area contributed by atoms with Gasteiger partial charge < -0.3 is 8.98 Å². The van der Waals surface area contributed by atoms with Crippen LogP contribution < -0.4 is 0 Å². The van der Waals surface area contributed by atoms with Gasteiger partial charge in [-0.25, -0.2) is 15.0 Å². The Morgan fingerprint density at radius 3 is 1.90 bits per heavy atom. The highest BCUT2D eigenvalue weighted by atomic mass is 16.3. The highest BCUT2D eigenvalue weighted by Gasteiger charge is 2.22. The molecule has 0 aliphatic heterocycles. The number of nitrogens with zero attached hydrogens (tertiary/aromatic N) is 4. The lowest BCUT2D eigenvalue weighted by atomic mass is 9.99. The van der Waals surface area contributed by atoms with E-state index in [-0.39, 0.29) is 29.3 Å². The molecule has 0 atom stereocenters. The van der Waals surface area contributed by atoms with Crippen LogP contribution in [-0.4, -0.2) is 19.5 Å². The molecule has 0 fully saturated rings. The minimum Gasteiger partial charge on any atom is -0.454 e. The van der Waals surface area contributed by atoms with Crippen molar-refractivity contribution >= 4 is 43.7 Å². The summed E-state index contributed by atoms with van der Waals surface area (Å²) >= 11 is 0. The molecule has 0 aliphatic carbocycles. The number of furan rings is 1. The average molecular weight is 646 g/mol. The Labute approximate surface area is 294 Å². The molecule has 0 amide bonds. The van der Waals surface area contributed by atoms with Crippen molar-refractivity contribution in [2.75, 3.05) is 0 Å². The Morgan fingerprint density at radius 1 is 0.460 bits per heavy atom. The molecule has 0 spiro atoms. The van der Waals surface area contributed by atoms with Gasteiger partial charge in [-0.05, 0) is 35.4 Å². The molecule has 0 saturated heterocycles. The van der Waals surface area contributed by atoms with Crippen molar-refractivity contribution in [1.82, 2.24) is 19.5 Å². The predicted molar refractivity (Wildman–Crippen MR) is 203 cm³/mol. The Bertz CT molecular complexity index is 3130. The molecular weight excluding hydrogens is 613 g/mol. The maximum absolute atomic E-state index is 8.72. The molecule has 3 heterocycles. The van der Waals surface area contributed by atoms with Crippen molar-refractivity contribution in [2.24, 2.45) is 0 Å². The van der Waals surface area contributed by atoms with Crippen LogP contribution in [0.15, 0.2) is 174 Å². The Balaban J connectivity index is 1.24. The predicted octanol–water partition coefficient (Wildman–Crippen LogP) is 11.5. The summed E-state index contributed by atoms with van der Waals surface area (Å²) in [4.78, 5) is 14.4. The molecule has 0 aliphatic rings. The molecule has 0 saturated carbocycles. The summed E-state index contributed by atoms with van der Waals surface area (Å²) in [6.45, 7) is 0. The second kappa shape index (κ2) is 11.4. The van der Waals surface area contributed by atoms with Crippen molar-refractivity contribution in [2.45, 2.75) is 0 Å². The van der Waals surface area contributed by atoms with E-state index in [1.165, 1.54) is 0 Å². The summed E-state index contributed by atoms with van der Waals surface area (Å²) in [5, 5.41) is 3.91. The second-order valence-corrected chi connectivity index (χ2v) is 12.0. The number of fused-ring (bicyclic) bond motifs is 6. The molecule has 234 valence electrons. The van der Waals surface area contributed by atoms with Gasteiger partial charge in [0, 0.05) is 38.2 Å². The fraction of sp³-hybridized carbons (Fsp3) is 0. The minimum absolute atomic E-state index is 0.0224. The molecule has 50 heavy (non-hydrogen) atoms. The zero-order valence-electron chi connectivity index (χ0n) is 31.5. The van der Waals surface area contributed by atoms with Gasteiger partial charge in [0.25, 0.3) is 0 Å². The van der Waals surface area contributed by atoms with Crippen LogP contribution in [0.4, 0.5) is 0 Å². The first-order valence-corrected chi connectivity index (χ1v) is 16.3. The average Bonchev–Trinajstić information content (AvgIpc) is 3.79. The van der Waals surface area contributed by atoms with Crippen LogP contribution in [0.5, 0.6) is 0 Å². The molecule has 7 aromatic carbocycles. The van der Waals surface area contributed by atoms with Gasteiger partial charge in [-0.1, -0.05) is 145 Å². The van der Waals surface area contributed by atoms with Gasteiger partial charge in [0.2, 0.25) is 0 Å². The van der Waals surface area contributed by atoms with E-state index in [1.54, 1.807) is 0 Å². The Morgan fingerprint density at radius 2 is 1.08 bits per heavy atom. The quantitative estimate of drug-likeness (QED) is 0.187. The maximum Gasteiger partial charge on any atom is 0.164 e. The second-order valence-electron chi connectivity index (χ2n) is 12.0. The van der Waals surface area contributed by atoms with Crippen molar-refractivity contribution in [3.8, 4) is 51.0 Å². The Hall–Kier alpha value is -6.85. The summed E-state index contributed by atoms with van der Waals surface area (Å²) < 4.78 is 51.3. The highest BCUT2D eigenvalue weighted by Crippen LogP contribution is 2.43. The van der Waals surface area contributed by atoms with Crippen LogP contribution in [0.25, 0.3) is 94.7 Å². The summed E-state index contributed by atoms with van der Waals surface area (Å²) in [7, 11) is 0.